The number of allylic oxidation sites excluding steroid dienone is 1. The van der Waals surface area contributed by atoms with Crippen molar-refractivity contribution < 1.29 is 9.21 Å². The number of rotatable bonds is 5. The van der Waals surface area contributed by atoms with Gasteiger partial charge in [-0.25, -0.2) is 4.79 Å². The number of hydrogen-bond donors (Lipinski definition) is 1. The minimum Gasteiger partial charge on any atom is -0.427 e. The molecule has 1 N–H and O–H groups in total. The van der Waals surface area contributed by atoms with E-state index in [1.807, 2.05) is 0 Å². The normalized spacial score (nSPS) is 17.8. The van der Waals surface area contributed by atoms with Crippen molar-refractivity contribution in [2.75, 3.05) is 0 Å². The van der Waals surface area contributed by atoms with E-state index in [1.165, 1.54) is 25.3 Å². The van der Waals surface area contributed by atoms with E-state index >= 15 is 0 Å². The van der Waals surface area contributed by atoms with Gasteiger partial charge in [-0.3, -0.25) is 4.79 Å². The Kier molecular flexibility index (Phi) is 3.47. The topological polar surface area (TPSA) is 59.3 Å². The fourth-order valence-electron chi connectivity index (χ4n) is 2.81. The second kappa shape index (κ2) is 5.27. The molecule has 0 bridgehead atoms. The maximum Gasteiger partial charge on any atom is 0.336 e. The van der Waals surface area contributed by atoms with Gasteiger partial charge in [-0.2, -0.15) is 0 Å². The molecule has 4 heteroatoms. The van der Waals surface area contributed by atoms with Crippen molar-refractivity contribution in [3.63, 3.8) is 0 Å². The molecule has 1 saturated carbocycles. The summed E-state index contributed by atoms with van der Waals surface area (Å²) < 4.78 is 5.16. The molecule has 1 fully saturated rings. The number of nitrogens with one attached hydrogen (secondary N) is 1. The monoisotopic (exact) mass is 273 g/mol. The van der Waals surface area contributed by atoms with Gasteiger partial charge < -0.3 is 9.73 Å². The Morgan fingerprint density at radius 1 is 1.30 bits per heavy atom. The summed E-state index contributed by atoms with van der Waals surface area (Å²) >= 11 is 0. The van der Waals surface area contributed by atoms with E-state index in [9.17, 15) is 9.59 Å². The van der Waals surface area contributed by atoms with Gasteiger partial charge >= 0.3 is 5.63 Å². The second-order valence-electron chi connectivity index (χ2n) is 5.81. The third kappa shape index (κ3) is 2.84. The fourth-order valence-corrected chi connectivity index (χ4v) is 2.81. The lowest BCUT2D eigenvalue weighted by molar-refractivity contribution is 0.0952. The highest BCUT2D eigenvalue weighted by Crippen LogP contribution is 2.34. The van der Waals surface area contributed by atoms with Gasteiger partial charge in [0.2, 0.25) is 0 Å². The molecule has 0 unspecified atom stereocenters. The molecular weight excluding hydrogens is 254 g/mol. The molecule has 4 nitrogen and oxygen atoms in total. The summed E-state index contributed by atoms with van der Waals surface area (Å²) in [6, 6.07) is 1.46. The van der Waals surface area contributed by atoms with E-state index in [1.54, 1.807) is 0 Å². The highest BCUT2D eigenvalue weighted by atomic mass is 16.4. The second-order valence-corrected chi connectivity index (χ2v) is 5.81. The zero-order chi connectivity index (χ0) is 14.1. The Bertz CT molecular complexity index is 611. The predicted octanol–water partition coefficient (Wildman–Crippen LogP) is 2.56. The van der Waals surface area contributed by atoms with Crippen LogP contribution in [0.5, 0.6) is 0 Å². The summed E-state index contributed by atoms with van der Waals surface area (Å²) in [6.45, 7) is 3.73. The lowest BCUT2D eigenvalue weighted by Gasteiger charge is -2.19. The number of amides is 1. The van der Waals surface area contributed by atoms with E-state index in [-0.39, 0.29) is 11.5 Å². The maximum absolute atomic E-state index is 12.0. The molecule has 0 aromatic carbocycles. The summed E-state index contributed by atoms with van der Waals surface area (Å²) in [6.07, 6.45) is 7.36. The van der Waals surface area contributed by atoms with E-state index in [2.05, 4.69) is 11.9 Å². The molecule has 0 atom stereocenters. The number of aryl methyl sites for hydroxylation is 1. The van der Waals surface area contributed by atoms with Crippen LogP contribution in [0.15, 0.2) is 27.6 Å². The van der Waals surface area contributed by atoms with Crippen molar-refractivity contribution in [2.45, 2.75) is 44.9 Å². The third-order valence-electron chi connectivity index (χ3n) is 4.01. The van der Waals surface area contributed by atoms with Gasteiger partial charge in [0, 0.05) is 18.2 Å². The molecule has 1 aromatic rings. The number of unbranched alkanes of at least 4 members (excludes halogenated alkanes) is 1. The van der Waals surface area contributed by atoms with Gasteiger partial charge in [0.25, 0.3) is 5.91 Å². The minimum atomic E-state index is -0.372. The van der Waals surface area contributed by atoms with Crippen LogP contribution >= 0.6 is 0 Å². The van der Waals surface area contributed by atoms with Gasteiger partial charge in [0.1, 0.15) is 5.76 Å². The maximum atomic E-state index is 12.0. The smallest absolute Gasteiger partial charge is 0.336 e. The van der Waals surface area contributed by atoms with Crippen LogP contribution in [0.3, 0.4) is 0 Å². The number of carbonyl (C=O) groups is 1. The first-order valence-corrected chi connectivity index (χ1v) is 7.28. The Hall–Kier alpha value is -1.84. The first-order chi connectivity index (χ1) is 9.63. The number of fused-ring (bicyclic) bond motifs is 1. The molecule has 1 amide bonds. The summed E-state index contributed by atoms with van der Waals surface area (Å²) in [5.74, 6) is 1.19. The van der Waals surface area contributed by atoms with Crippen molar-refractivity contribution >= 4 is 5.91 Å². The van der Waals surface area contributed by atoms with Crippen molar-refractivity contribution in [3.05, 3.63) is 45.6 Å². The molecular formula is C16H19NO3. The summed E-state index contributed by atoms with van der Waals surface area (Å²) in [7, 11) is 0. The van der Waals surface area contributed by atoms with Crippen LogP contribution < -0.4 is 10.9 Å². The van der Waals surface area contributed by atoms with Crippen molar-refractivity contribution in [1.82, 2.24) is 5.32 Å². The summed E-state index contributed by atoms with van der Waals surface area (Å²) in [5, 5.41) is 2.72. The first-order valence-electron chi connectivity index (χ1n) is 7.28. The Morgan fingerprint density at radius 3 is 2.85 bits per heavy atom. The fraction of sp³-hybridized carbons (Fsp3) is 0.500. The van der Waals surface area contributed by atoms with Crippen LogP contribution in [0.2, 0.25) is 0 Å². The Balaban J connectivity index is 1.76. The molecule has 1 aromatic heterocycles. The average molecular weight is 273 g/mol. The van der Waals surface area contributed by atoms with Crippen LogP contribution in [0.4, 0.5) is 0 Å². The minimum absolute atomic E-state index is 0.197. The SMILES string of the molecule is C=C1Cc2oc(=O)cc(CCCCC3CC3)c2C(=O)N1. The third-order valence-corrected chi connectivity index (χ3v) is 4.01. The Labute approximate surface area is 117 Å². The van der Waals surface area contributed by atoms with E-state index in [0.29, 0.717) is 23.4 Å². The molecule has 1 aliphatic carbocycles. The standard InChI is InChI=1S/C16H19NO3/c1-10-8-13-15(16(19)17-10)12(9-14(18)20-13)5-3-2-4-11-6-7-11/h9,11H,1-8H2,(H,17,19). The van der Waals surface area contributed by atoms with Crippen molar-refractivity contribution in [1.29, 1.82) is 0 Å². The molecule has 0 radical (unpaired) electrons. The van der Waals surface area contributed by atoms with Crippen molar-refractivity contribution in [2.24, 2.45) is 5.92 Å². The molecule has 2 heterocycles. The lowest BCUT2D eigenvalue weighted by atomic mass is 9.96. The van der Waals surface area contributed by atoms with Gasteiger partial charge in [0.15, 0.2) is 0 Å². The van der Waals surface area contributed by atoms with Gasteiger partial charge in [-0.05, 0) is 24.3 Å². The molecule has 3 rings (SSSR count). The van der Waals surface area contributed by atoms with E-state index in [0.717, 1.165) is 30.7 Å². The zero-order valence-electron chi connectivity index (χ0n) is 11.5. The van der Waals surface area contributed by atoms with Crippen LogP contribution in [0, 0.1) is 5.92 Å². The molecule has 20 heavy (non-hydrogen) atoms. The van der Waals surface area contributed by atoms with Crippen LogP contribution in [-0.4, -0.2) is 5.91 Å². The van der Waals surface area contributed by atoms with Crippen LogP contribution in [0.25, 0.3) is 0 Å². The van der Waals surface area contributed by atoms with Gasteiger partial charge in [0.05, 0.1) is 5.56 Å². The molecule has 106 valence electrons. The van der Waals surface area contributed by atoms with Crippen molar-refractivity contribution in [3.8, 4) is 0 Å². The molecule has 2 aliphatic rings. The summed E-state index contributed by atoms with van der Waals surface area (Å²) in [4.78, 5) is 23.6. The first kappa shape index (κ1) is 13.2. The van der Waals surface area contributed by atoms with Gasteiger partial charge in [-0.15, -0.1) is 0 Å². The number of hydrogen-bond acceptors (Lipinski definition) is 3. The lowest BCUT2D eigenvalue weighted by Crippen LogP contribution is -2.32. The summed E-state index contributed by atoms with van der Waals surface area (Å²) in [5.41, 5.74) is 1.57. The van der Waals surface area contributed by atoms with E-state index in [4.69, 9.17) is 4.42 Å². The van der Waals surface area contributed by atoms with Crippen LogP contribution in [0.1, 0.15) is 53.8 Å². The molecule has 0 saturated heterocycles. The predicted molar refractivity (Wildman–Crippen MR) is 75.6 cm³/mol. The van der Waals surface area contributed by atoms with E-state index < -0.39 is 0 Å². The Morgan fingerprint density at radius 2 is 2.10 bits per heavy atom. The quantitative estimate of drug-likeness (QED) is 0.839. The number of carbonyl (C=O) groups excluding carboxylic acids is 1. The van der Waals surface area contributed by atoms with Crippen LogP contribution in [-0.2, 0) is 12.8 Å². The highest BCUT2D eigenvalue weighted by molar-refractivity contribution is 5.98. The largest absolute Gasteiger partial charge is 0.427 e. The highest BCUT2D eigenvalue weighted by Gasteiger charge is 2.25. The zero-order valence-corrected chi connectivity index (χ0v) is 11.5. The molecule has 1 aliphatic heterocycles. The van der Waals surface area contributed by atoms with Gasteiger partial charge in [-0.1, -0.05) is 32.3 Å². The average Bonchev–Trinajstić information content (AvgIpc) is 3.17. The molecule has 0 spiro atoms.